The molecule has 0 saturated heterocycles. The molecule has 0 amide bonds. The van der Waals surface area contributed by atoms with Crippen molar-refractivity contribution >= 4 is 0 Å². The Kier molecular flexibility index (Phi) is 4.94. The van der Waals surface area contributed by atoms with Gasteiger partial charge >= 0.3 is 0 Å². The molecule has 0 aromatic heterocycles. The van der Waals surface area contributed by atoms with Gasteiger partial charge in [0.1, 0.15) is 17.2 Å². The van der Waals surface area contributed by atoms with Crippen molar-refractivity contribution in [2.75, 3.05) is 13.1 Å². The van der Waals surface area contributed by atoms with Crippen molar-refractivity contribution in [3.63, 3.8) is 0 Å². The molecule has 17 heavy (non-hydrogen) atoms. The van der Waals surface area contributed by atoms with Crippen LogP contribution in [0, 0.1) is 12.7 Å². The molecule has 0 spiro atoms. The highest BCUT2D eigenvalue weighted by atomic mass is 19.1. The molecule has 0 heterocycles. The number of ether oxygens (including phenoxy) is 1. The molecule has 1 aromatic rings. The molecule has 0 aliphatic carbocycles. The lowest BCUT2D eigenvalue weighted by Gasteiger charge is -2.27. The van der Waals surface area contributed by atoms with Crippen LogP contribution in [0.15, 0.2) is 18.2 Å². The Balaban J connectivity index is 2.62. The first-order chi connectivity index (χ1) is 7.94. The number of halogens is 1. The molecule has 96 valence electrons. The van der Waals surface area contributed by atoms with Crippen molar-refractivity contribution in [3.8, 4) is 5.75 Å². The summed E-state index contributed by atoms with van der Waals surface area (Å²) < 4.78 is 18.9. The van der Waals surface area contributed by atoms with E-state index in [1.54, 1.807) is 6.07 Å². The summed E-state index contributed by atoms with van der Waals surface area (Å²) in [5.74, 6) is 0.520. The third-order valence-electron chi connectivity index (χ3n) is 2.50. The van der Waals surface area contributed by atoms with Gasteiger partial charge in [-0.3, -0.25) is 0 Å². The summed E-state index contributed by atoms with van der Waals surface area (Å²) in [6.07, 6.45) is 1.10. The Morgan fingerprint density at radius 3 is 2.65 bits per heavy atom. The van der Waals surface area contributed by atoms with E-state index in [1.165, 1.54) is 12.1 Å². The van der Waals surface area contributed by atoms with Crippen molar-refractivity contribution in [1.29, 1.82) is 0 Å². The average Bonchev–Trinajstić information content (AvgIpc) is 2.22. The van der Waals surface area contributed by atoms with Crippen LogP contribution < -0.4 is 10.1 Å². The van der Waals surface area contributed by atoms with Gasteiger partial charge in [0.05, 0.1) is 0 Å². The largest absolute Gasteiger partial charge is 0.486 e. The maximum absolute atomic E-state index is 13.0. The lowest BCUT2D eigenvalue weighted by atomic mass is 10.1. The Labute approximate surface area is 103 Å². The predicted octanol–water partition coefficient (Wildman–Crippen LogP) is 3.29. The molecule has 0 radical (unpaired) electrons. The number of benzene rings is 1. The smallest absolute Gasteiger partial charge is 0.123 e. The van der Waals surface area contributed by atoms with Gasteiger partial charge in [-0.05, 0) is 57.5 Å². The zero-order valence-corrected chi connectivity index (χ0v) is 11.1. The maximum Gasteiger partial charge on any atom is 0.123 e. The normalized spacial score (nSPS) is 11.6. The summed E-state index contributed by atoms with van der Waals surface area (Å²) in [6, 6.07) is 4.61. The topological polar surface area (TPSA) is 21.3 Å². The van der Waals surface area contributed by atoms with E-state index in [1.807, 2.05) is 20.8 Å². The minimum absolute atomic E-state index is 0.225. The molecular formula is C14H22FNO. The SMILES string of the molecule is CCCNCC(C)(C)Oc1ccc(F)cc1C. The van der Waals surface area contributed by atoms with Crippen LogP contribution in [0.2, 0.25) is 0 Å². The van der Waals surface area contributed by atoms with E-state index in [0.29, 0.717) is 0 Å². The molecule has 1 aromatic carbocycles. The Bertz CT molecular complexity index is 363. The van der Waals surface area contributed by atoms with Gasteiger partial charge in [0.15, 0.2) is 0 Å². The molecule has 1 N–H and O–H groups in total. The first kappa shape index (κ1) is 14.0. The second-order valence-electron chi connectivity index (χ2n) is 4.95. The first-order valence-corrected chi connectivity index (χ1v) is 6.10. The van der Waals surface area contributed by atoms with E-state index in [0.717, 1.165) is 30.8 Å². The third-order valence-corrected chi connectivity index (χ3v) is 2.50. The van der Waals surface area contributed by atoms with E-state index in [9.17, 15) is 4.39 Å². The summed E-state index contributed by atoms with van der Waals surface area (Å²) >= 11 is 0. The molecule has 0 aliphatic heterocycles. The minimum Gasteiger partial charge on any atom is -0.486 e. The fourth-order valence-corrected chi connectivity index (χ4v) is 1.63. The van der Waals surface area contributed by atoms with E-state index in [2.05, 4.69) is 12.2 Å². The number of hydrogen-bond acceptors (Lipinski definition) is 2. The van der Waals surface area contributed by atoms with Crippen molar-refractivity contribution in [2.45, 2.75) is 39.7 Å². The molecule has 0 saturated carbocycles. The highest BCUT2D eigenvalue weighted by Gasteiger charge is 2.20. The Hall–Kier alpha value is -1.09. The standard InChI is InChI=1S/C14H22FNO/c1-5-8-16-10-14(3,4)17-13-7-6-12(15)9-11(13)2/h6-7,9,16H,5,8,10H2,1-4H3. The lowest BCUT2D eigenvalue weighted by Crippen LogP contribution is -2.40. The minimum atomic E-state index is -0.294. The van der Waals surface area contributed by atoms with Gasteiger partial charge in [0.25, 0.3) is 0 Å². The van der Waals surface area contributed by atoms with E-state index < -0.39 is 0 Å². The quantitative estimate of drug-likeness (QED) is 0.769. The first-order valence-electron chi connectivity index (χ1n) is 6.10. The highest BCUT2D eigenvalue weighted by Crippen LogP contribution is 2.23. The maximum atomic E-state index is 13.0. The predicted molar refractivity (Wildman–Crippen MR) is 69.0 cm³/mol. The van der Waals surface area contributed by atoms with E-state index in [4.69, 9.17) is 4.74 Å². The molecule has 3 heteroatoms. The fraction of sp³-hybridized carbons (Fsp3) is 0.571. The van der Waals surface area contributed by atoms with Gasteiger partial charge in [0.2, 0.25) is 0 Å². The van der Waals surface area contributed by atoms with Gasteiger partial charge in [-0.1, -0.05) is 6.92 Å². The summed E-state index contributed by atoms with van der Waals surface area (Å²) in [6.45, 7) is 9.79. The Morgan fingerprint density at radius 2 is 2.06 bits per heavy atom. The summed E-state index contributed by atoms with van der Waals surface area (Å²) in [7, 11) is 0. The van der Waals surface area contributed by atoms with Crippen LogP contribution in [0.1, 0.15) is 32.8 Å². The van der Waals surface area contributed by atoms with Gasteiger partial charge in [-0.25, -0.2) is 4.39 Å². The average molecular weight is 239 g/mol. The molecular weight excluding hydrogens is 217 g/mol. The van der Waals surface area contributed by atoms with E-state index in [-0.39, 0.29) is 11.4 Å². The molecule has 0 unspecified atom stereocenters. The van der Waals surface area contributed by atoms with Gasteiger partial charge in [-0.2, -0.15) is 0 Å². The molecule has 1 rings (SSSR count). The number of hydrogen-bond donors (Lipinski definition) is 1. The molecule has 2 nitrogen and oxygen atoms in total. The summed E-state index contributed by atoms with van der Waals surface area (Å²) in [4.78, 5) is 0. The van der Waals surface area contributed by atoms with Crippen LogP contribution in [0.3, 0.4) is 0 Å². The van der Waals surface area contributed by atoms with Crippen LogP contribution in [-0.4, -0.2) is 18.7 Å². The lowest BCUT2D eigenvalue weighted by molar-refractivity contribution is 0.107. The number of aryl methyl sites for hydroxylation is 1. The molecule has 0 atom stereocenters. The van der Waals surface area contributed by atoms with Crippen LogP contribution in [-0.2, 0) is 0 Å². The summed E-state index contributed by atoms with van der Waals surface area (Å²) in [5.41, 5.74) is 0.533. The fourth-order valence-electron chi connectivity index (χ4n) is 1.63. The van der Waals surface area contributed by atoms with Gasteiger partial charge in [-0.15, -0.1) is 0 Å². The van der Waals surface area contributed by atoms with Crippen molar-refractivity contribution in [1.82, 2.24) is 5.32 Å². The van der Waals surface area contributed by atoms with Crippen LogP contribution in [0.25, 0.3) is 0 Å². The number of nitrogens with one attached hydrogen (secondary N) is 1. The van der Waals surface area contributed by atoms with Crippen LogP contribution in [0.4, 0.5) is 4.39 Å². The van der Waals surface area contributed by atoms with Gasteiger partial charge in [0, 0.05) is 6.54 Å². The number of rotatable bonds is 6. The van der Waals surface area contributed by atoms with Crippen LogP contribution in [0.5, 0.6) is 5.75 Å². The Morgan fingerprint density at radius 1 is 1.35 bits per heavy atom. The zero-order valence-electron chi connectivity index (χ0n) is 11.1. The highest BCUT2D eigenvalue weighted by molar-refractivity contribution is 5.33. The summed E-state index contributed by atoms with van der Waals surface area (Å²) in [5, 5.41) is 3.33. The second kappa shape index (κ2) is 6.01. The monoisotopic (exact) mass is 239 g/mol. The van der Waals surface area contributed by atoms with Crippen molar-refractivity contribution in [3.05, 3.63) is 29.6 Å². The molecule has 0 fully saturated rings. The van der Waals surface area contributed by atoms with E-state index >= 15 is 0 Å². The molecule has 0 bridgehead atoms. The zero-order chi connectivity index (χ0) is 12.9. The van der Waals surface area contributed by atoms with Crippen molar-refractivity contribution < 1.29 is 9.13 Å². The van der Waals surface area contributed by atoms with Crippen LogP contribution >= 0.6 is 0 Å². The van der Waals surface area contributed by atoms with Crippen molar-refractivity contribution in [2.24, 2.45) is 0 Å². The third kappa shape index (κ3) is 4.73. The second-order valence-corrected chi connectivity index (χ2v) is 4.95. The van der Waals surface area contributed by atoms with Gasteiger partial charge < -0.3 is 10.1 Å². The molecule has 0 aliphatic rings.